The van der Waals surface area contributed by atoms with E-state index in [2.05, 4.69) is 27.2 Å². The van der Waals surface area contributed by atoms with Gasteiger partial charge in [-0.1, -0.05) is 34.6 Å². The van der Waals surface area contributed by atoms with E-state index < -0.39 is 16.0 Å². The van der Waals surface area contributed by atoms with Gasteiger partial charge in [0.05, 0.1) is 4.90 Å². The van der Waals surface area contributed by atoms with E-state index in [0.29, 0.717) is 10.9 Å². The topological polar surface area (TPSA) is 83.5 Å². The Hall–Kier alpha value is -1.18. The molecule has 0 aliphatic carbocycles. The van der Waals surface area contributed by atoms with E-state index in [1.807, 2.05) is 0 Å². The molecule has 0 radical (unpaired) electrons. The van der Waals surface area contributed by atoms with Crippen LogP contribution in [-0.2, 0) is 21.2 Å². The van der Waals surface area contributed by atoms with Crippen LogP contribution in [0.3, 0.4) is 0 Å². The highest BCUT2D eigenvalue weighted by Gasteiger charge is 2.13. The lowest BCUT2D eigenvalue weighted by Gasteiger charge is -2.06. The largest absolute Gasteiger partial charge is 0.481 e. The van der Waals surface area contributed by atoms with Crippen molar-refractivity contribution in [2.45, 2.75) is 17.7 Å². The van der Waals surface area contributed by atoms with E-state index in [1.165, 1.54) is 12.1 Å². The Bertz CT molecular complexity index is 566. The van der Waals surface area contributed by atoms with Gasteiger partial charge < -0.3 is 5.11 Å². The van der Waals surface area contributed by atoms with Crippen LogP contribution in [0.1, 0.15) is 12.0 Å². The van der Waals surface area contributed by atoms with Gasteiger partial charge in [-0.3, -0.25) is 4.79 Å². The minimum absolute atomic E-state index is 0.0216. The summed E-state index contributed by atoms with van der Waals surface area (Å²) >= 11 is 3.07. The fourth-order valence-corrected chi connectivity index (χ4v) is 2.69. The summed E-state index contributed by atoms with van der Waals surface area (Å²) in [7, 11) is -3.56. The number of rotatable bonds is 7. The van der Waals surface area contributed by atoms with Crippen molar-refractivity contribution in [3.63, 3.8) is 0 Å². The lowest BCUT2D eigenvalue weighted by molar-refractivity contribution is -0.136. The molecule has 19 heavy (non-hydrogen) atoms. The van der Waals surface area contributed by atoms with Crippen LogP contribution in [0.2, 0.25) is 0 Å². The molecule has 5 nitrogen and oxygen atoms in total. The van der Waals surface area contributed by atoms with Crippen molar-refractivity contribution in [3.05, 3.63) is 40.9 Å². The Morgan fingerprint density at radius 2 is 1.89 bits per heavy atom. The average Bonchev–Trinajstić information content (AvgIpc) is 2.34. The van der Waals surface area contributed by atoms with Gasteiger partial charge in [0.15, 0.2) is 0 Å². The zero-order valence-electron chi connectivity index (χ0n) is 10.1. The maximum atomic E-state index is 11.8. The number of halogens is 1. The second kappa shape index (κ2) is 6.83. The maximum absolute atomic E-state index is 11.8. The third-order valence-corrected chi connectivity index (χ3v) is 4.01. The monoisotopic (exact) mass is 347 g/mol. The Kier molecular flexibility index (Phi) is 5.71. The van der Waals surface area contributed by atoms with Gasteiger partial charge in [0, 0.05) is 17.4 Å². The minimum Gasteiger partial charge on any atom is -0.481 e. The number of nitrogens with one attached hydrogen (secondary N) is 1. The zero-order chi connectivity index (χ0) is 14.5. The normalized spacial score (nSPS) is 11.2. The third kappa shape index (κ3) is 5.54. The van der Waals surface area contributed by atoms with Crippen LogP contribution in [0.5, 0.6) is 0 Å². The van der Waals surface area contributed by atoms with Gasteiger partial charge in [0.2, 0.25) is 10.0 Å². The van der Waals surface area contributed by atoms with Crippen molar-refractivity contribution >= 4 is 31.9 Å². The van der Waals surface area contributed by atoms with E-state index >= 15 is 0 Å². The van der Waals surface area contributed by atoms with Crippen LogP contribution in [-0.4, -0.2) is 26.0 Å². The van der Waals surface area contributed by atoms with Gasteiger partial charge in [0.25, 0.3) is 0 Å². The summed E-state index contributed by atoms with van der Waals surface area (Å²) in [5, 5.41) is 8.56. The number of aliphatic carboxylic acids is 1. The Labute approximate surface area is 120 Å². The average molecular weight is 348 g/mol. The quantitative estimate of drug-likeness (QED) is 0.788. The van der Waals surface area contributed by atoms with Gasteiger partial charge in [0.1, 0.15) is 0 Å². The highest BCUT2D eigenvalue weighted by molar-refractivity contribution is 9.11. The lowest BCUT2D eigenvalue weighted by Crippen LogP contribution is -2.24. The molecule has 104 valence electrons. The van der Waals surface area contributed by atoms with Crippen molar-refractivity contribution in [2.24, 2.45) is 0 Å². The summed E-state index contributed by atoms with van der Waals surface area (Å²) in [5.41, 5.74) is 0.784. The summed E-state index contributed by atoms with van der Waals surface area (Å²) in [4.78, 5) is 10.6. The van der Waals surface area contributed by atoms with Gasteiger partial charge >= 0.3 is 5.97 Å². The number of sulfonamides is 1. The first kappa shape index (κ1) is 15.9. The smallest absolute Gasteiger partial charge is 0.303 e. The molecule has 1 aromatic carbocycles. The van der Waals surface area contributed by atoms with E-state index in [9.17, 15) is 13.2 Å². The molecule has 0 atom stereocenters. The first-order valence-corrected chi connectivity index (χ1v) is 7.72. The van der Waals surface area contributed by atoms with Gasteiger partial charge in [-0.15, -0.1) is 0 Å². The van der Waals surface area contributed by atoms with Crippen LogP contribution in [0, 0.1) is 0 Å². The molecule has 0 spiro atoms. The molecule has 1 rings (SSSR count). The second-order valence-electron chi connectivity index (χ2n) is 3.88. The molecule has 0 amide bonds. The third-order valence-electron chi connectivity index (χ3n) is 2.32. The van der Waals surface area contributed by atoms with Crippen molar-refractivity contribution in [2.75, 3.05) is 6.54 Å². The van der Waals surface area contributed by atoms with E-state index in [1.54, 1.807) is 12.1 Å². The number of hydrogen-bond acceptors (Lipinski definition) is 3. The molecule has 7 heteroatoms. The Morgan fingerprint density at radius 3 is 2.37 bits per heavy atom. The lowest BCUT2D eigenvalue weighted by atomic mass is 10.1. The summed E-state index contributed by atoms with van der Waals surface area (Å²) in [6.07, 6.45) is 0.398. The molecule has 0 aliphatic rings. The molecule has 0 aromatic heterocycles. The van der Waals surface area contributed by atoms with Gasteiger partial charge in [-0.05, 0) is 24.1 Å². The van der Waals surface area contributed by atoms with Crippen molar-refractivity contribution in [1.29, 1.82) is 0 Å². The molecule has 0 saturated heterocycles. The summed E-state index contributed by atoms with van der Waals surface area (Å²) < 4.78 is 26.6. The fourth-order valence-electron chi connectivity index (χ4n) is 1.34. The zero-order valence-corrected chi connectivity index (χ0v) is 12.5. The summed E-state index contributed by atoms with van der Waals surface area (Å²) in [6, 6.07) is 6.13. The van der Waals surface area contributed by atoms with Crippen molar-refractivity contribution in [3.8, 4) is 0 Å². The van der Waals surface area contributed by atoms with E-state index in [-0.39, 0.29) is 17.9 Å². The molecule has 0 aliphatic heterocycles. The van der Waals surface area contributed by atoms with Crippen molar-refractivity contribution < 1.29 is 18.3 Å². The van der Waals surface area contributed by atoms with Crippen molar-refractivity contribution in [1.82, 2.24) is 4.72 Å². The van der Waals surface area contributed by atoms with Crippen LogP contribution in [0.4, 0.5) is 0 Å². The highest BCUT2D eigenvalue weighted by Crippen LogP contribution is 2.12. The number of carbonyl (C=O) groups is 1. The molecule has 0 bridgehead atoms. The van der Waals surface area contributed by atoms with Crippen LogP contribution in [0.15, 0.2) is 40.2 Å². The van der Waals surface area contributed by atoms with Crippen LogP contribution >= 0.6 is 15.9 Å². The Balaban J connectivity index is 2.74. The van der Waals surface area contributed by atoms with Gasteiger partial charge in [-0.25, -0.2) is 13.1 Å². The molecule has 0 heterocycles. The predicted octanol–water partition coefficient (Wildman–Crippen LogP) is 1.89. The molecule has 2 N–H and O–H groups in total. The molecule has 0 unspecified atom stereocenters. The molecular formula is C12H14BrNO4S. The Morgan fingerprint density at radius 1 is 1.32 bits per heavy atom. The number of carboxylic acid groups (broad SMARTS) is 1. The number of carboxylic acids is 1. The van der Waals surface area contributed by atoms with Crippen LogP contribution in [0.25, 0.3) is 0 Å². The minimum atomic E-state index is -3.56. The summed E-state index contributed by atoms with van der Waals surface area (Å²) in [6.45, 7) is 3.66. The number of aryl methyl sites for hydroxylation is 1. The number of benzene rings is 1. The predicted molar refractivity (Wildman–Crippen MR) is 75.7 cm³/mol. The second-order valence-corrected chi connectivity index (χ2v) is 6.77. The highest BCUT2D eigenvalue weighted by atomic mass is 79.9. The molecule has 0 saturated carbocycles. The maximum Gasteiger partial charge on any atom is 0.303 e. The first-order chi connectivity index (χ1) is 8.81. The first-order valence-electron chi connectivity index (χ1n) is 5.45. The summed E-state index contributed by atoms with van der Waals surface area (Å²) in [5.74, 6) is -0.880. The van der Waals surface area contributed by atoms with Gasteiger partial charge in [-0.2, -0.15) is 0 Å². The molecule has 0 fully saturated rings. The van der Waals surface area contributed by atoms with E-state index in [4.69, 9.17) is 5.11 Å². The number of hydrogen-bond donors (Lipinski definition) is 2. The molecule has 1 aromatic rings. The standard InChI is InChI=1S/C12H14BrNO4S/c1-9(13)8-14-19(17,18)11-5-2-10(3-6-11)4-7-12(15)16/h2-3,5-6,14H,1,4,7-8H2,(H,15,16). The molecular weight excluding hydrogens is 334 g/mol. The van der Waals surface area contributed by atoms with E-state index in [0.717, 1.165) is 5.56 Å². The SMILES string of the molecule is C=C(Br)CNS(=O)(=O)c1ccc(CCC(=O)O)cc1. The fraction of sp³-hybridized carbons (Fsp3) is 0.250. The van der Waals surface area contributed by atoms with Crippen LogP contribution < -0.4 is 4.72 Å².